The lowest BCUT2D eigenvalue weighted by Gasteiger charge is -2.23. The van der Waals surface area contributed by atoms with Gasteiger partial charge in [-0.15, -0.1) is 0 Å². The van der Waals surface area contributed by atoms with Crippen molar-refractivity contribution < 1.29 is 0 Å². The average Bonchev–Trinajstić information content (AvgIpc) is 2.45. The maximum Gasteiger partial charge on any atom is 0.0409 e. The summed E-state index contributed by atoms with van der Waals surface area (Å²) >= 11 is 12.0. The van der Waals surface area contributed by atoms with Gasteiger partial charge in [0.15, 0.2) is 0 Å². The molecule has 20 heavy (non-hydrogen) atoms. The van der Waals surface area contributed by atoms with Gasteiger partial charge in [0.05, 0.1) is 0 Å². The van der Waals surface area contributed by atoms with Gasteiger partial charge in [-0.05, 0) is 48.7 Å². The van der Waals surface area contributed by atoms with E-state index in [9.17, 15) is 0 Å². The molecule has 1 nitrogen and oxygen atoms in total. The van der Waals surface area contributed by atoms with Crippen LogP contribution in [0, 0.1) is 0 Å². The predicted molar refractivity (Wildman–Crippen MR) is 87.5 cm³/mol. The van der Waals surface area contributed by atoms with Gasteiger partial charge in [-0.3, -0.25) is 0 Å². The van der Waals surface area contributed by atoms with E-state index in [1.54, 1.807) is 0 Å². The predicted octanol–water partition coefficient (Wildman–Crippen LogP) is 5.80. The van der Waals surface area contributed by atoms with Crippen LogP contribution in [0.2, 0.25) is 10.0 Å². The molecular weight excluding hydrogens is 289 g/mol. The molecule has 106 valence electrons. The minimum absolute atomic E-state index is 0.260. The molecule has 0 radical (unpaired) electrons. The quantitative estimate of drug-likeness (QED) is 0.736. The molecular formula is C17H19Cl2N. The monoisotopic (exact) mass is 307 g/mol. The maximum atomic E-state index is 6.07. The van der Waals surface area contributed by atoms with Crippen LogP contribution in [0.15, 0.2) is 48.5 Å². The van der Waals surface area contributed by atoms with E-state index in [0.717, 1.165) is 16.5 Å². The van der Waals surface area contributed by atoms with Crippen LogP contribution in [0.1, 0.15) is 43.5 Å². The molecule has 2 unspecified atom stereocenters. The number of benzene rings is 2. The van der Waals surface area contributed by atoms with E-state index in [0.29, 0.717) is 6.04 Å². The second-order valence-corrected chi connectivity index (χ2v) is 5.83. The lowest BCUT2D eigenvalue weighted by atomic mass is 10.0. The Kier molecular flexibility index (Phi) is 5.47. The molecule has 2 aromatic rings. The van der Waals surface area contributed by atoms with Gasteiger partial charge < -0.3 is 5.32 Å². The topological polar surface area (TPSA) is 12.0 Å². The second-order valence-electron chi connectivity index (χ2n) is 4.96. The van der Waals surface area contributed by atoms with Crippen molar-refractivity contribution in [3.05, 3.63) is 69.7 Å². The van der Waals surface area contributed by atoms with Crippen LogP contribution in [-0.4, -0.2) is 0 Å². The molecule has 0 aromatic heterocycles. The van der Waals surface area contributed by atoms with Gasteiger partial charge >= 0.3 is 0 Å². The number of hydrogen-bond acceptors (Lipinski definition) is 1. The Morgan fingerprint density at radius 1 is 0.950 bits per heavy atom. The van der Waals surface area contributed by atoms with Gasteiger partial charge in [0.2, 0.25) is 0 Å². The molecule has 0 spiro atoms. The largest absolute Gasteiger partial charge is 0.303 e. The Balaban J connectivity index is 2.11. The van der Waals surface area contributed by atoms with Crippen LogP contribution in [-0.2, 0) is 0 Å². The summed E-state index contributed by atoms with van der Waals surface area (Å²) in [7, 11) is 0. The van der Waals surface area contributed by atoms with E-state index in [2.05, 4.69) is 37.4 Å². The first-order valence-corrected chi connectivity index (χ1v) is 7.62. The third-order valence-corrected chi connectivity index (χ3v) is 3.97. The van der Waals surface area contributed by atoms with Gasteiger partial charge in [0.1, 0.15) is 0 Å². The molecule has 0 aliphatic rings. The number of rotatable bonds is 5. The van der Waals surface area contributed by atoms with E-state index in [4.69, 9.17) is 23.2 Å². The summed E-state index contributed by atoms with van der Waals surface area (Å²) in [5.41, 5.74) is 2.45. The molecule has 3 heteroatoms. The zero-order valence-corrected chi connectivity index (χ0v) is 13.2. The first kappa shape index (κ1) is 15.4. The number of hydrogen-bond donors (Lipinski definition) is 1. The Hall–Kier alpha value is -1.02. The Morgan fingerprint density at radius 2 is 1.65 bits per heavy atom. The highest BCUT2D eigenvalue weighted by molar-refractivity contribution is 6.30. The highest BCUT2D eigenvalue weighted by Gasteiger charge is 2.14. The summed E-state index contributed by atoms with van der Waals surface area (Å²) in [5.74, 6) is 0. The summed E-state index contributed by atoms with van der Waals surface area (Å²) in [6.45, 7) is 4.34. The lowest BCUT2D eigenvalue weighted by molar-refractivity contribution is 0.456. The molecule has 0 aliphatic heterocycles. The molecule has 0 bridgehead atoms. The Bertz CT molecular complexity index is 551. The van der Waals surface area contributed by atoms with Crippen molar-refractivity contribution in [1.82, 2.24) is 5.32 Å². The minimum atomic E-state index is 0.260. The van der Waals surface area contributed by atoms with Crippen LogP contribution in [0.3, 0.4) is 0 Å². The van der Waals surface area contributed by atoms with E-state index in [-0.39, 0.29) is 6.04 Å². The number of nitrogens with one attached hydrogen (secondary N) is 1. The fraction of sp³-hybridized carbons (Fsp3) is 0.294. The summed E-state index contributed by atoms with van der Waals surface area (Å²) in [4.78, 5) is 0. The van der Waals surface area contributed by atoms with Crippen LogP contribution in [0.25, 0.3) is 0 Å². The third kappa shape index (κ3) is 3.99. The molecule has 0 saturated heterocycles. The molecule has 2 aromatic carbocycles. The van der Waals surface area contributed by atoms with Gasteiger partial charge in [-0.1, -0.05) is 54.4 Å². The maximum absolute atomic E-state index is 6.07. The SMILES string of the molecule is CCC(NC(C)c1ccc(Cl)cc1)c1cccc(Cl)c1. The highest BCUT2D eigenvalue weighted by atomic mass is 35.5. The summed E-state index contributed by atoms with van der Waals surface area (Å²) in [6, 6.07) is 16.6. The van der Waals surface area contributed by atoms with Crippen LogP contribution in [0.5, 0.6) is 0 Å². The summed E-state index contributed by atoms with van der Waals surface area (Å²) in [6.07, 6.45) is 1.01. The first-order valence-electron chi connectivity index (χ1n) is 6.87. The third-order valence-electron chi connectivity index (χ3n) is 3.48. The van der Waals surface area contributed by atoms with Crippen molar-refractivity contribution in [2.24, 2.45) is 0 Å². The summed E-state index contributed by atoms with van der Waals surface area (Å²) < 4.78 is 0. The van der Waals surface area contributed by atoms with Crippen LogP contribution >= 0.6 is 23.2 Å². The molecule has 0 heterocycles. The lowest BCUT2D eigenvalue weighted by Crippen LogP contribution is -2.24. The van der Waals surface area contributed by atoms with Crippen LogP contribution < -0.4 is 5.32 Å². The molecule has 1 N–H and O–H groups in total. The highest BCUT2D eigenvalue weighted by Crippen LogP contribution is 2.24. The standard InChI is InChI=1S/C17H19Cl2N/c1-3-17(14-5-4-6-16(19)11-14)20-12(2)13-7-9-15(18)10-8-13/h4-12,17,20H,3H2,1-2H3. The average molecular weight is 308 g/mol. The molecule has 0 aliphatic carbocycles. The van der Waals surface area contributed by atoms with Gasteiger partial charge in [-0.25, -0.2) is 0 Å². The van der Waals surface area contributed by atoms with Crippen molar-refractivity contribution in [2.75, 3.05) is 0 Å². The van der Waals surface area contributed by atoms with Crippen molar-refractivity contribution in [3.8, 4) is 0 Å². The molecule has 2 atom stereocenters. The van der Waals surface area contributed by atoms with Crippen molar-refractivity contribution in [1.29, 1.82) is 0 Å². The first-order chi connectivity index (χ1) is 9.60. The fourth-order valence-electron chi connectivity index (χ4n) is 2.32. The minimum Gasteiger partial charge on any atom is -0.303 e. The van der Waals surface area contributed by atoms with E-state index >= 15 is 0 Å². The summed E-state index contributed by atoms with van der Waals surface area (Å²) in [5, 5.41) is 5.19. The second kappa shape index (κ2) is 7.12. The Labute approximate surface area is 130 Å². The zero-order chi connectivity index (χ0) is 14.5. The van der Waals surface area contributed by atoms with Crippen molar-refractivity contribution in [2.45, 2.75) is 32.4 Å². The molecule has 0 fully saturated rings. The number of halogens is 2. The van der Waals surface area contributed by atoms with Gasteiger partial charge in [0.25, 0.3) is 0 Å². The molecule has 0 saturated carbocycles. The van der Waals surface area contributed by atoms with E-state index in [1.165, 1.54) is 11.1 Å². The smallest absolute Gasteiger partial charge is 0.0409 e. The van der Waals surface area contributed by atoms with Gasteiger partial charge in [0, 0.05) is 22.1 Å². The van der Waals surface area contributed by atoms with E-state index in [1.807, 2.05) is 30.3 Å². The zero-order valence-electron chi connectivity index (χ0n) is 11.7. The van der Waals surface area contributed by atoms with Crippen molar-refractivity contribution >= 4 is 23.2 Å². The van der Waals surface area contributed by atoms with Crippen molar-refractivity contribution in [3.63, 3.8) is 0 Å². The Morgan fingerprint density at radius 3 is 2.25 bits per heavy atom. The van der Waals surface area contributed by atoms with Gasteiger partial charge in [-0.2, -0.15) is 0 Å². The molecule has 0 amide bonds. The molecule has 2 rings (SSSR count). The normalized spacial score (nSPS) is 14.0. The fourth-order valence-corrected chi connectivity index (χ4v) is 2.65. The van der Waals surface area contributed by atoms with E-state index < -0.39 is 0 Å². The van der Waals surface area contributed by atoms with Crippen LogP contribution in [0.4, 0.5) is 0 Å².